The van der Waals surface area contributed by atoms with Crippen LogP contribution >= 0.6 is 0 Å². The van der Waals surface area contributed by atoms with Crippen molar-refractivity contribution in [2.45, 2.75) is 38.1 Å². The third kappa shape index (κ3) is 4.39. The molecule has 0 unspecified atom stereocenters. The summed E-state index contributed by atoms with van der Waals surface area (Å²) < 4.78 is 16.2. The molecule has 0 aromatic heterocycles. The molecule has 2 atom stereocenters. The van der Waals surface area contributed by atoms with E-state index in [9.17, 15) is 4.79 Å². The minimum atomic E-state index is -0.303. The molecule has 2 saturated heterocycles. The molecule has 0 radical (unpaired) electrons. The molecule has 0 bridgehead atoms. The predicted octanol–water partition coefficient (Wildman–Crippen LogP) is 3.52. The molecule has 26 heavy (non-hydrogen) atoms. The van der Waals surface area contributed by atoms with E-state index in [2.05, 4.69) is 4.90 Å². The van der Waals surface area contributed by atoms with Gasteiger partial charge < -0.3 is 14.2 Å². The van der Waals surface area contributed by atoms with Crippen LogP contribution in [0.15, 0.2) is 24.3 Å². The number of rotatable bonds is 6. The van der Waals surface area contributed by atoms with Gasteiger partial charge in [0.1, 0.15) is 0 Å². The van der Waals surface area contributed by atoms with Crippen LogP contribution < -0.4 is 9.47 Å². The Bertz CT molecular complexity index is 641. The van der Waals surface area contributed by atoms with Crippen molar-refractivity contribution >= 4 is 12.0 Å². The Balaban J connectivity index is 1.56. The number of hydrogen-bond donors (Lipinski definition) is 0. The van der Waals surface area contributed by atoms with E-state index in [0.717, 1.165) is 12.0 Å². The highest BCUT2D eigenvalue weighted by Gasteiger charge is 2.33. The van der Waals surface area contributed by atoms with Gasteiger partial charge in [-0.05, 0) is 50.9 Å². The van der Waals surface area contributed by atoms with Gasteiger partial charge in [-0.1, -0.05) is 18.6 Å². The fourth-order valence-corrected chi connectivity index (χ4v) is 4.21. The van der Waals surface area contributed by atoms with Crippen LogP contribution in [-0.2, 0) is 9.53 Å². The largest absolute Gasteiger partial charge is 0.493 e. The number of hydrogen-bond acceptors (Lipinski definition) is 5. The highest BCUT2D eigenvalue weighted by Crippen LogP contribution is 2.32. The first-order valence-electron chi connectivity index (χ1n) is 9.53. The predicted molar refractivity (Wildman–Crippen MR) is 101 cm³/mol. The maximum Gasteiger partial charge on any atom is 0.330 e. The van der Waals surface area contributed by atoms with E-state index in [1.54, 1.807) is 20.3 Å². The lowest BCUT2D eigenvalue weighted by Gasteiger charge is -2.44. The van der Waals surface area contributed by atoms with Gasteiger partial charge in [0.25, 0.3) is 0 Å². The van der Waals surface area contributed by atoms with Gasteiger partial charge in [0.2, 0.25) is 0 Å². The maximum absolute atomic E-state index is 12.2. The van der Waals surface area contributed by atoms with E-state index < -0.39 is 0 Å². The van der Waals surface area contributed by atoms with E-state index >= 15 is 0 Å². The van der Waals surface area contributed by atoms with Crippen molar-refractivity contribution < 1.29 is 19.0 Å². The van der Waals surface area contributed by atoms with Crippen LogP contribution in [0.2, 0.25) is 0 Å². The molecule has 0 spiro atoms. The first-order chi connectivity index (χ1) is 12.7. The molecule has 5 nitrogen and oxygen atoms in total. The molecule has 0 saturated carbocycles. The summed E-state index contributed by atoms with van der Waals surface area (Å²) in [5, 5.41) is 0. The number of para-hydroxylation sites is 1. The van der Waals surface area contributed by atoms with Gasteiger partial charge in [0.05, 0.1) is 20.8 Å². The molecule has 2 aliphatic heterocycles. The molecule has 1 aromatic rings. The standard InChI is InChI=1S/C21H29NO4/c1-24-19-10-5-7-16(21(19)25-2)11-12-20(23)26-15-17-8-6-14-22-13-4-3-9-18(17)22/h5,7,10-12,17-18H,3-4,6,8-9,13-15H2,1-2H3/b12-11+/t17-,18+/m0/s1. The highest BCUT2D eigenvalue weighted by molar-refractivity contribution is 5.87. The lowest BCUT2D eigenvalue weighted by molar-refractivity contribution is -0.140. The van der Waals surface area contributed by atoms with Gasteiger partial charge in [-0.3, -0.25) is 4.90 Å². The van der Waals surface area contributed by atoms with Crippen molar-refractivity contribution in [3.63, 3.8) is 0 Å². The molecule has 0 N–H and O–H groups in total. The summed E-state index contributed by atoms with van der Waals surface area (Å²) >= 11 is 0. The normalized spacial score (nSPS) is 23.5. The summed E-state index contributed by atoms with van der Waals surface area (Å²) in [6.45, 7) is 2.91. The summed E-state index contributed by atoms with van der Waals surface area (Å²) in [4.78, 5) is 14.8. The molecule has 2 aliphatic rings. The monoisotopic (exact) mass is 359 g/mol. The summed E-state index contributed by atoms with van der Waals surface area (Å²) in [6, 6.07) is 6.17. The fraction of sp³-hybridized carbons (Fsp3) is 0.571. The number of esters is 1. The number of carbonyl (C=O) groups excluding carboxylic acids is 1. The lowest BCUT2D eigenvalue weighted by Crippen LogP contribution is -2.49. The maximum atomic E-state index is 12.2. The molecule has 5 heteroatoms. The molecule has 2 heterocycles. The zero-order chi connectivity index (χ0) is 18.4. The molecular weight excluding hydrogens is 330 g/mol. The van der Waals surface area contributed by atoms with Gasteiger partial charge in [-0.2, -0.15) is 0 Å². The Kier molecular flexibility index (Phi) is 6.56. The Morgan fingerprint density at radius 1 is 1.15 bits per heavy atom. The average molecular weight is 359 g/mol. The van der Waals surface area contributed by atoms with Crippen LogP contribution in [-0.4, -0.2) is 50.8 Å². The lowest BCUT2D eigenvalue weighted by atomic mass is 9.84. The third-order valence-corrected chi connectivity index (χ3v) is 5.50. The van der Waals surface area contributed by atoms with Crippen LogP contribution in [0, 0.1) is 5.92 Å². The first-order valence-corrected chi connectivity index (χ1v) is 9.53. The average Bonchev–Trinajstić information content (AvgIpc) is 2.70. The van der Waals surface area contributed by atoms with Gasteiger partial charge in [0.15, 0.2) is 11.5 Å². The zero-order valence-corrected chi connectivity index (χ0v) is 15.8. The van der Waals surface area contributed by atoms with E-state index in [1.807, 2.05) is 18.2 Å². The van der Waals surface area contributed by atoms with Crippen molar-refractivity contribution in [2.24, 2.45) is 5.92 Å². The quantitative estimate of drug-likeness (QED) is 0.574. The SMILES string of the molecule is COc1cccc(/C=C/C(=O)OC[C@@H]2CCCN3CCCC[C@H]23)c1OC. The van der Waals surface area contributed by atoms with E-state index in [0.29, 0.717) is 30.1 Å². The van der Waals surface area contributed by atoms with Gasteiger partial charge in [0, 0.05) is 23.6 Å². The second-order valence-corrected chi connectivity index (χ2v) is 7.05. The summed E-state index contributed by atoms with van der Waals surface area (Å²) in [5.41, 5.74) is 0.792. The molecule has 3 rings (SSSR count). The zero-order valence-electron chi connectivity index (χ0n) is 15.8. The number of benzene rings is 1. The van der Waals surface area contributed by atoms with Crippen LogP contribution in [0.1, 0.15) is 37.7 Å². The summed E-state index contributed by atoms with van der Waals surface area (Å²) in [6.07, 6.45) is 9.38. The Morgan fingerprint density at radius 2 is 2.00 bits per heavy atom. The smallest absolute Gasteiger partial charge is 0.330 e. The molecule has 1 aromatic carbocycles. The third-order valence-electron chi connectivity index (χ3n) is 5.50. The second-order valence-electron chi connectivity index (χ2n) is 7.05. The molecule has 142 valence electrons. The molecule has 0 amide bonds. The highest BCUT2D eigenvalue weighted by atomic mass is 16.5. The van der Waals surface area contributed by atoms with E-state index in [1.165, 1.54) is 44.8 Å². The second kappa shape index (κ2) is 9.08. The van der Waals surface area contributed by atoms with Gasteiger partial charge in [-0.15, -0.1) is 0 Å². The van der Waals surface area contributed by atoms with E-state index in [4.69, 9.17) is 14.2 Å². The topological polar surface area (TPSA) is 48.0 Å². The van der Waals surface area contributed by atoms with Crippen molar-refractivity contribution in [2.75, 3.05) is 33.9 Å². The van der Waals surface area contributed by atoms with Crippen LogP contribution in [0.5, 0.6) is 11.5 Å². The van der Waals surface area contributed by atoms with Crippen molar-refractivity contribution in [1.29, 1.82) is 0 Å². The minimum Gasteiger partial charge on any atom is -0.493 e. The van der Waals surface area contributed by atoms with Gasteiger partial charge >= 0.3 is 5.97 Å². The molecular formula is C21H29NO4. The Morgan fingerprint density at radius 3 is 2.81 bits per heavy atom. The Labute approximate surface area is 155 Å². The van der Waals surface area contributed by atoms with Crippen LogP contribution in [0.4, 0.5) is 0 Å². The fourth-order valence-electron chi connectivity index (χ4n) is 4.21. The number of carbonyl (C=O) groups is 1. The Hall–Kier alpha value is -2.01. The number of methoxy groups -OCH3 is 2. The van der Waals surface area contributed by atoms with Crippen LogP contribution in [0.3, 0.4) is 0 Å². The number of piperidine rings is 2. The first kappa shape index (κ1) is 18.8. The minimum absolute atomic E-state index is 0.303. The number of nitrogens with zero attached hydrogens (tertiary/aromatic N) is 1. The van der Waals surface area contributed by atoms with Crippen LogP contribution in [0.25, 0.3) is 6.08 Å². The van der Waals surface area contributed by atoms with Gasteiger partial charge in [-0.25, -0.2) is 4.79 Å². The van der Waals surface area contributed by atoms with Crippen molar-refractivity contribution in [1.82, 2.24) is 4.90 Å². The molecule has 2 fully saturated rings. The number of fused-ring (bicyclic) bond motifs is 1. The summed E-state index contributed by atoms with van der Waals surface area (Å²) in [5.74, 6) is 1.42. The summed E-state index contributed by atoms with van der Waals surface area (Å²) in [7, 11) is 3.19. The van der Waals surface area contributed by atoms with Crippen molar-refractivity contribution in [3.8, 4) is 11.5 Å². The van der Waals surface area contributed by atoms with Crippen molar-refractivity contribution in [3.05, 3.63) is 29.8 Å². The molecule has 0 aliphatic carbocycles. The number of ether oxygens (including phenoxy) is 3. The van der Waals surface area contributed by atoms with E-state index in [-0.39, 0.29) is 5.97 Å².